The summed E-state index contributed by atoms with van der Waals surface area (Å²) in [6.45, 7) is 0.657. The number of hydrazine groups is 1. The fraction of sp³-hybridized carbons (Fsp3) is 0.542. The number of anilines is 2. The van der Waals surface area contributed by atoms with Crippen molar-refractivity contribution in [1.29, 1.82) is 0 Å². The Hall–Kier alpha value is -2.71. The summed E-state index contributed by atoms with van der Waals surface area (Å²) in [7, 11) is 0. The lowest BCUT2D eigenvalue weighted by atomic mass is 9.92. The summed E-state index contributed by atoms with van der Waals surface area (Å²) in [5.74, 6) is 7.88. The van der Waals surface area contributed by atoms with E-state index in [1.165, 1.54) is 31.2 Å². The molecule has 0 amide bonds. The molecule has 2 aliphatic carbocycles. The van der Waals surface area contributed by atoms with Crippen LogP contribution in [0.5, 0.6) is 0 Å². The van der Waals surface area contributed by atoms with Gasteiger partial charge in [-0.15, -0.1) is 0 Å². The lowest BCUT2D eigenvalue weighted by Gasteiger charge is -2.27. The Morgan fingerprint density at radius 3 is 2.50 bits per heavy atom. The quantitative estimate of drug-likeness (QED) is 0.385. The first-order chi connectivity index (χ1) is 15.7. The molecule has 1 aromatic carbocycles. The van der Waals surface area contributed by atoms with Crippen LogP contribution in [0, 0.1) is 0 Å². The van der Waals surface area contributed by atoms with Crippen molar-refractivity contribution in [3.63, 3.8) is 0 Å². The van der Waals surface area contributed by atoms with Gasteiger partial charge in [0.05, 0.1) is 6.33 Å². The summed E-state index contributed by atoms with van der Waals surface area (Å²) >= 11 is 0. The van der Waals surface area contributed by atoms with Gasteiger partial charge in [-0.25, -0.2) is 10.8 Å². The van der Waals surface area contributed by atoms with Crippen molar-refractivity contribution < 1.29 is 0 Å². The van der Waals surface area contributed by atoms with Crippen molar-refractivity contribution in [2.24, 2.45) is 11.6 Å². The SMILES string of the molecule is NC1CCC(Nc2nc(N(N)CCc3ccccc3)c3ncn(C4CCCC4)c3n2)CC1. The monoisotopic (exact) mass is 434 g/mol. The van der Waals surface area contributed by atoms with E-state index in [1.807, 2.05) is 12.4 Å². The van der Waals surface area contributed by atoms with E-state index in [-0.39, 0.29) is 0 Å². The van der Waals surface area contributed by atoms with E-state index in [2.05, 4.69) is 34.1 Å². The maximum absolute atomic E-state index is 6.54. The van der Waals surface area contributed by atoms with E-state index in [9.17, 15) is 0 Å². The molecule has 5 rings (SSSR count). The zero-order valence-electron chi connectivity index (χ0n) is 18.7. The zero-order valence-corrected chi connectivity index (χ0v) is 18.7. The van der Waals surface area contributed by atoms with Crippen LogP contribution in [0.4, 0.5) is 11.8 Å². The van der Waals surface area contributed by atoms with E-state index in [1.54, 1.807) is 5.01 Å². The lowest BCUT2D eigenvalue weighted by Crippen LogP contribution is -2.35. The maximum atomic E-state index is 6.54. The van der Waals surface area contributed by atoms with Crippen LogP contribution >= 0.6 is 0 Å². The van der Waals surface area contributed by atoms with Crippen LogP contribution in [-0.4, -0.2) is 38.1 Å². The standard InChI is InChI=1S/C24H34N8/c25-18-10-12-19(13-11-18)28-24-29-22-21(27-16-31(22)20-8-4-5-9-20)23(30-24)32(26)15-14-17-6-2-1-3-7-17/h1-3,6-7,16,18-20H,4-5,8-15,25-26H2,(H,28,29,30). The highest BCUT2D eigenvalue weighted by Gasteiger charge is 2.25. The number of nitrogens with one attached hydrogen (secondary N) is 1. The minimum Gasteiger partial charge on any atom is -0.351 e. The van der Waals surface area contributed by atoms with Gasteiger partial charge in [0.1, 0.15) is 0 Å². The molecule has 2 aromatic heterocycles. The van der Waals surface area contributed by atoms with E-state index >= 15 is 0 Å². The largest absolute Gasteiger partial charge is 0.351 e. The molecule has 0 saturated heterocycles. The first kappa shape index (κ1) is 21.2. The molecule has 32 heavy (non-hydrogen) atoms. The number of hydrogen-bond acceptors (Lipinski definition) is 7. The minimum atomic E-state index is 0.313. The highest BCUT2D eigenvalue weighted by atomic mass is 15.4. The van der Waals surface area contributed by atoms with Crippen LogP contribution in [0.3, 0.4) is 0 Å². The predicted octanol–water partition coefficient (Wildman–Crippen LogP) is 3.55. The molecule has 0 radical (unpaired) electrons. The van der Waals surface area contributed by atoms with Crippen LogP contribution in [0.15, 0.2) is 36.7 Å². The van der Waals surface area contributed by atoms with E-state index in [4.69, 9.17) is 26.5 Å². The van der Waals surface area contributed by atoms with Crippen LogP contribution in [0.25, 0.3) is 11.2 Å². The molecule has 170 valence electrons. The first-order valence-electron chi connectivity index (χ1n) is 12.0. The maximum Gasteiger partial charge on any atom is 0.227 e. The van der Waals surface area contributed by atoms with Crippen molar-refractivity contribution in [3.8, 4) is 0 Å². The van der Waals surface area contributed by atoms with E-state index in [0.717, 1.165) is 43.3 Å². The molecule has 2 aliphatic rings. The molecule has 0 aliphatic heterocycles. The second-order valence-electron chi connectivity index (χ2n) is 9.32. The first-order valence-corrected chi connectivity index (χ1v) is 12.0. The molecule has 3 aromatic rings. The van der Waals surface area contributed by atoms with Gasteiger partial charge < -0.3 is 15.6 Å². The van der Waals surface area contributed by atoms with Crippen molar-refractivity contribution in [2.45, 2.75) is 75.9 Å². The van der Waals surface area contributed by atoms with Crippen molar-refractivity contribution in [1.82, 2.24) is 19.5 Å². The van der Waals surface area contributed by atoms with Gasteiger partial charge in [-0.2, -0.15) is 9.97 Å². The van der Waals surface area contributed by atoms with E-state index in [0.29, 0.717) is 36.4 Å². The highest BCUT2D eigenvalue weighted by Crippen LogP contribution is 2.33. The third kappa shape index (κ3) is 4.56. The Labute approximate surface area is 189 Å². The van der Waals surface area contributed by atoms with E-state index < -0.39 is 0 Å². The fourth-order valence-electron chi connectivity index (χ4n) is 5.06. The Morgan fingerprint density at radius 1 is 1.00 bits per heavy atom. The number of fused-ring (bicyclic) bond motifs is 1. The van der Waals surface area contributed by atoms with Gasteiger partial charge >= 0.3 is 0 Å². The molecule has 0 atom stereocenters. The summed E-state index contributed by atoms with van der Waals surface area (Å²) in [5, 5.41) is 5.30. The van der Waals surface area contributed by atoms with Gasteiger partial charge in [-0.3, -0.25) is 5.01 Å². The highest BCUT2D eigenvalue weighted by molar-refractivity contribution is 5.84. The molecule has 2 fully saturated rings. The Bertz CT molecular complexity index is 1020. The molecule has 0 unspecified atom stereocenters. The lowest BCUT2D eigenvalue weighted by molar-refractivity contribution is 0.410. The molecule has 0 spiro atoms. The second-order valence-corrected chi connectivity index (χ2v) is 9.32. The normalized spacial score (nSPS) is 21.8. The summed E-state index contributed by atoms with van der Waals surface area (Å²) in [4.78, 5) is 14.5. The summed E-state index contributed by atoms with van der Waals surface area (Å²) in [6.07, 6.45) is 11.8. The topological polar surface area (TPSA) is 111 Å². The van der Waals surface area contributed by atoms with Gasteiger partial charge in [0.15, 0.2) is 17.0 Å². The zero-order chi connectivity index (χ0) is 21.9. The minimum absolute atomic E-state index is 0.313. The second kappa shape index (κ2) is 9.42. The van der Waals surface area contributed by atoms with Crippen molar-refractivity contribution in [2.75, 3.05) is 16.9 Å². The summed E-state index contributed by atoms with van der Waals surface area (Å²) < 4.78 is 2.24. The average molecular weight is 435 g/mol. The van der Waals surface area contributed by atoms with Crippen LogP contribution < -0.4 is 21.9 Å². The summed E-state index contributed by atoms with van der Waals surface area (Å²) in [6, 6.07) is 11.5. The number of nitrogens with zero attached hydrogens (tertiary/aromatic N) is 5. The third-order valence-corrected chi connectivity index (χ3v) is 6.98. The van der Waals surface area contributed by atoms with Gasteiger partial charge in [0.25, 0.3) is 0 Å². The van der Waals surface area contributed by atoms with Crippen LogP contribution in [0.2, 0.25) is 0 Å². The summed E-state index contributed by atoms with van der Waals surface area (Å²) in [5.41, 5.74) is 9.01. The van der Waals surface area contributed by atoms with Crippen molar-refractivity contribution in [3.05, 3.63) is 42.2 Å². The average Bonchev–Trinajstić information content (AvgIpc) is 3.49. The number of imidazole rings is 1. The number of hydrogen-bond donors (Lipinski definition) is 3. The molecule has 2 saturated carbocycles. The number of nitrogens with two attached hydrogens (primary N) is 2. The molecule has 0 bridgehead atoms. The number of rotatable bonds is 7. The smallest absolute Gasteiger partial charge is 0.227 e. The molecule has 8 nitrogen and oxygen atoms in total. The molecular weight excluding hydrogens is 400 g/mol. The van der Waals surface area contributed by atoms with Crippen molar-refractivity contribution >= 4 is 22.9 Å². The van der Waals surface area contributed by atoms with Gasteiger partial charge in [-0.05, 0) is 50.5 Å². The molecule has 8 heteroatoms. The third-order valence-electron chi connectivity index (χ3n) is 6.98. The Morgan fingerprint density at radius 2 is 1.75 bits per heavy atom. The van der Waals surface area contributed by atoms with Crippen LogP contribution in [0.1, 0.15) is 63.0 Å². The Balaban J connectivity index is 1.44. The van der Waals surface area contributed by atoms with Gasteiger partial charge in [-0.1, -0.05) is 43.2 Å². The molecule has 2 heterocycles. The Kier molecular flexibility index (Phi) is 6.23. The molecular formula is C24H34N8. The molecule has 5 N–H and O–H groups in total. The van der Waals surface area contributed by atoms with Crippen LogP contribution in [-0.2, 0) is 6.42 Å². The van der Waals surface area contributed by atoms with Gasteiger partial charge in [0.2, 0.25) is 5.95 Å². The number of aromatic nitrogens is 4. The number of benzene rings is 1. The fourth-order valence-corrected chi connectivity index (χ4v) is 5.06. The predicted molar refractivity (Wildman–Crippen MR) is 128 cm³/mol. The van der Waals surface area contributed by atoms with Gasteiger partial charge in [0, 0.05) is 24.7 Å².